The molecule has 2 atom stereocenters. The molecule has 0 saturated carbocycles. The van der Waals surface area contributed by atoms with E-state index in [1.54, 1.807) is 54.6 Å². The fourth-order valence-corrected chi connectivity index (χ4v) is 5.42. The Bertz CT molecular complexity index is 1540. The van der Waals surface area contributed by atoms with Crippen molar-refractivity contribution in [1.82, 2.24) is 15.2 Å². The Balaban J connectivity index is 0.00000529. The SMILES string of the molecule is C=C(c1nc(/C=C/CNc2ccc(C(=O)NC)cc2OC)cc2c(N[C@@]3(C[S-])CCN(C)C[C@@H]3F)cccc12)C(F)(F)F.[Lr]. The number of nitrogens with one attached hydrogen (secondary N) is 3. The molecule has 3 aromatic rings. The topological polar surface area (TPSA) is 78.5 Å². The number of ether oxygens (including phenoxy) is 1. The fourth-order valence-electron chi connectivity index (χ4n) is 5.02. The number of carbonyl (C=O) groups excluding carboxylic acids is 1. The van der Waals surface area contributed by atoms with Crippen LogP contribution < -0.4 is 20.7 Å². The predicted molar refractivity (Wildman–Crippen MR) is 166 cm³/mol. The molecule has 13 heteroatoms. The summed E-state index contributed by atoms with van der Waals surface area (Å²) >= 11 is 5.38. The van der Waals surface area contributed by atoms with E-state index in [1.165, 1.54) is 14.2 Å². The van der Waals surface area contributed by atoms with E-state index < -0.39 is 23.5 Å². The van der Waals surface area contributed by atoms with Gasteiger partial charge in [-0.15, -0.1) is 5.75 Å². The number of rotatable bonds is 10. The Labute approximate surface area is 253 Å². The summed E-state index contributed by atoms with van der Waals surface area (Å²) in [5.74, 6) is 0.291. The second-order valence-corrected chi connectivity index (χ2v) is 10.7. The van der Waals surface area contributed by atoms with E-state index in [0.29, 0.717) is 41.0 Å². The largest absolute Gasteiger partial charge is 0.790 e. The molecule has 1 aromatic heterocycles. The van der Waals surface area contributed by atoms with Gasteiger partial charge in [-0.05, 0) is 49.9 Å². The predicted octanol–water partition coefficient (Wildman–Crippen LogP) is 5.68. The number of methoxy groups -OCH3 is 1. The molecule has 4 rings (SSSR count). The zero-order chi connectivity index (χ0) is 31.4. The number of hydrogen-bond acceptors (Lipinski definition) is 7. The molecule has 1 radical (unpaired) electrons. The minimum Gasteiger partial charge on any atom is -0.790 e. The summed E-state index contributed by atoms with van der Waals surface area (Å²) in [6.07, 6.45) is -2.22. The number of amides is 1. The third-order valence-electron chi connectivity index (χ3n) is 7.56. The summed E-state index contributed by atoms with van der Waals surface area (Å²) < 4.78 is 62.3. The van der Waals surface area contributed by atoms with Gasteiger partial charge in [0.15, 0.2) is 0 Å². The molecule has 2 aromatic carbocycles. The summed E-state index contributed by atoms with van der Waals surface area (Å²) in [6, 6.07) is 11.5. The van der Waals surface area contributed by atoms with Crippen molar-refractivity contribution in [2.45, 2.75) is 24.3 Å². The van der Waals surface area contributed by atoms with Crippen LogP contribution in [0.15, 0.2) is 55.1 Å². The van der Waals surface area contributed by atoms with Crippen molar-refractivity contribution in [3.8, 4) is 5.75 Å². The van der Waals surface area contributed by atoms with Gasteiger partial charge >= 0.3 is 6.18 Å². The second kappa shape index (κ2) is 13.7. The average molecular weight is 879 g/mol. The van der Waals surface area contributed by atoms with E-state index in [-0.39, 0.29) is 41.5 Å². The zero-order valence-electron chi connectivity index (χ0n) is 24.4. The average Bonchev–Trinajstić information content (AvgIpc) is 2.99. The number of aromatic nitrogens is 1. The normalized spacial score (nSPS) is 19.0. The second-order valence-electron chi connectivity index (χ2n) is 10.5. The Morgan fingerprint density at radius 2 is 1.98 bits per heavy atom. The van der Waals surface area contributed by atoms with Gasteiger partial charge in [0.1, 0.15) is 11.9 Å². The number of carbonyl (C=O) groups is 1. The van der Waals surface area contributed by atoms with Crippen LogP contribution in [-0.4, -0.2) is 80.3 Å². The summed E-state index contributed by atoms with van der Waals surface area (Å²) in [6.45, 7) is 4.41. The quantitative estimate of drug-likeness (QED) is 0.179. The van der Waals surface area contributed by atoms with Crippen molar-refractivity contribution >= 4 is 52.3 Å². The number of likely N-dealkylation sites (tertiary alicyclic amines) is 1. The van der Waals surface area contributed by atoms with Crippen LogP contribution in [0.25, 0.3) is 22.4 Å². The van der Waals surface area contributed by atoms with Gasteiger partial charge in [0.05, 0.1) is 29.8 Å². The van der Waals surface area contributed by atoms with Crippen LogP contribution in [0.1, 0.15) is 28.2 Å². The number of pyridine rings is 1. The third kappa shape index (κ3) is 7.05. The van der Waals surface area contributed by atoms with Gasteiger partial charge in [0, 0.05) is 54.2 Å². The van der Waals surface area contributed by atoms with Gasteiger partial charge in [0.2, 0.25) is 0 Å². The minimum absolute atomic E-state index is 0. The molecule has 44 heavy (non-hydrogen) atoms. The van der Waals surface area contributed by atoms with E-state index in [4.69, 9.17) is 17.4 Å². The summed E-state index contributed by atoms with van der Waals surface area (Å²) in [5, 5.41) is 9.69. The number of allylic oxidation sites excluding steroid dienone is 1. The van der Waals surface area contributed by atoms with E-state index in [1.807, 2.05) is 11.9 Å². The molecule has 2 heterocycles. The van der Waals surface area contributed by atoms with Crippen molar-refractivity contribution < 1.29 is 27.1 Å². The molecular weight excluding hydrogens is 844 g/mol. The van der Waals surface area contributed by atoms with Gasteiger partial charge in [-0.2, -0.15) is 13.2 Å². The molecule has 0 aliphatic carbocycles. The van der Waals surface area contributed by atoms with E-state index in [9.17, 15) is 18.0 Å². The van der Waals surface area contributed by atoms with Gasteiger partial charge in [-0.1, -0.05) is 24.8 Å². The first kappa shape index (κ1) is 33.7. The van der Waals surface area contributed by atoms with Crippen molar-refractivity contribution in [1.29, 1.82) is 0 Å². The van der Waals surface area contributed by atoms with Crippen LogP contribution >= 0.6 is 0 Å². The number of alkyl halides is 4. The van der Waals surface area contributed by atoms with Gasteiger partial charge < -0.3 is 38.2 Å². The summed E-state index contributed by atoms with van der Waals surface area (Å²) in [7, 11) is 4.85. The number of fused-ring (bicyclic) bond motifs is 1. The molecular formula is C31H34F4LrN5O2S-. The molecule has 1 saturated heterocycles. The van der Waals surface area contributed by atoms with E-state index in [0.717, 1.165) is 0 Å². The Kier molecular flexibility index (Phi) is 10.5. The molecule has 1 amide bonds. The molecule has 1 fully saturated rings. The number of nitrogens with zero attached hydrogens (tertiary/aromatic N) is 2. The van der Waals surface area contributed by atoms with Crippen LogP contribution in [0, 0.1) is 0 Å². The van der Waals surface area contributed by atoms with Crippen LogP contribution in [0.4, 0.5) is 28.9 Å². The Morgan fingerprint density at radius 1 is 1.23 bits per heavy atom. The molecule has 1 aliphatic heterocycles. The molecule has 1 aliphatic rings. The van der Waals surface area contributed by atoms with Crippen LogP contribution in [0.2, 0.25) is 0 Å². The number of anilines is 2. The Hall–Kier alpha value is -4.77. The molecule has 0 bridgehead atoms. The minimum atomic E-state index is -4.70. The standard InChI is InChI=1S/C31H35F4N5O2S.Lr/c1-19(31(33,34)35)28-22-8-5-9-24(39-30(18-43)12-14-40(3)17-27(30)32)23(22)16-21(38-28)7-6-13-37-25-11-10-20(29(41)36-2)15-26(25)42-4;/h5-11,15-16,27,37,39,43H,1,12-14,17-18H2,2-4H3,(H,36,41);/p-1/b7-6+;/t27-,30+;/m0./s1. The molecule has 0 spiro atoms. The maximum Gasteiger partial charge on any atom is 0.417 e. The smallest absolute Gasteiger partial charge is 0.417 e. The van der Waals surface area contributed by atoms with Gasteiger partial charge in [-0.25, -0.2) is 9.37 Å². The monoisotopic (exact) mass is 878 g/mol. The number of benzene rings is 2. The first-order valence-corrected chi connectivity index (χ1v) is 14.2. The van der Waals surface area contributed by atoms with E-state index >= 15 is 4.39 Å². The van der Waals surface area contributed by atoms with E-state index in [2.05, 4.69) is 27.5 Å². The van der Waals surface area contributed by atoms with Crippen LogP contribution in [0.5, 0.6) is 5.75 Å². The molecule has 7 nitrogen and oxygen atoms in total. The number of piperidine rings is 1. The van der Waals surface area contributed by atoms with Crippen molar-refractivity contribution in [3.63, 3.8) is 0 Å². The zero-order valence-corrected chi connectivity index (χ0v) is 27.4. The molecule has 245 valence electrons. The fraction of sp³-hybridized carbons (Fsp3) is 0.355. The molecule has 3 N–H and O–H groups in total. The third-order valence-corrected chi connectivity index (χ3v) is 8.08. The Morgan fingerprint density at radius 3 is 2.61 bits per heavy atom. The molecule has 0 unspecified atom stereocenters. The van der Waals surface area contributed by atoms with Crippen molar-refractivity contribution in [2.24, 2.45) is 0 Å². The maximum absolute atomic E-state index is 15.4. The van der Waals surface area contributed by atoms with Crippen molar-refractivity contribution in [3.05, 3.63) is 72.1 Å². The summed E-state index contributed by atoms with van der Waals surface area (Å²) in [5.41, 5.74) is -0.630. The number of halogens is 4. The van der Waals surface area contributed by atoms with Crippen LogP contribution in [0.3, 0.4) is 0 Å². The first-order valence-electron chi connectivity index (χ1n) is 13.6. The number of hydrogen-bond donors (Lipinski definition) is 3. The van der Waals surface area contributed by atoms with Gasteiger partial charge in [-0.3, -0.25) is 4.79 Å². The maximum atomic E-state index is 15.4. The first-order chi connectivity index (χ1) is 20.4. The van der Waals surface area contributed by atoms with Crippen LogP contribution in [-0.2, 0) is 12.6 Å². The van der Waals surface area contributed by atoms with Gasteiger partial charge in [0.25, 0.3) is 5.91 Å². The summed E-state index contributed by atoms with van der Waals surface area (Å²) in [4.78, 5) is 18.1. The van der Waals surface area contributed by atoms with Crippen molar-refractivity contribution in [2.75, 3.05) is 57.2 Å².